The minimum atomic E-state index is 0.733. The number of hydrogen-bond acceptors (Lipinski definition) is 4. The van der Waals surface area contributed by atoms with Gasteiger partial charge in [-0.25, -0.2) is 0 Å². The van der Waals surface area contributed by atoms with E-state index in [1.807, 2.05) is 24.3 Å². The second-order valence-corrected chi connectivity index (χ2v) is 5.39. The second kappa shape index (κ2) is 7.11. The van der Waals surface area contributed by atoms with Crippen LogP contribution in [0.4, 0.5) is 0 Å². The Labute approximate surface area is 123 Å². The van der Waals surface area contributed by atoms with Crippen molar-refractivity contribution in [3.8, 4) is 6.07 Å². The Kier molecular flexibility index (Phi) is 5.19. The highest BCUT2D eigenvalue weighted by atomic mass is 32.2. The standard InChI is InChI=1S/C15H18N4S/c1-3-7-14-17-18-15(19(14)4-2)20-11-13-9-6-5-8-12(13)10-16/h5-6,8-9H,3-4,7,11H2,1-2H3. The van der Waals surface area contributed by atoms with Crippen LogP contribution in [0, 0.1) is 11.3 Å². The molecule has 0 saturated carbocycles. The summed E-state index contributed by atoms with van der Waals surface area (Å²) in [5.74, 6) is 1.79. The third kappa shape index (κ3) is 3.20. The van der Waals surface area contributed by atoms with Crippen LogP contribution in [-0.2, 0) is 18.7 Å². The van der Waals surface area contributed by atoms with Crippen molar-refractivity contribution in [1.29, 1.82) is 5.26 Å². The smallest absolute Gasteiger partial charge is 0.191 e. The number of nitriles is 1. The van der Waals surface area contributed by atoms with Gasteiger partial charge < -0.3 is 4.57 Å². The van der Waals surface area contributed by atoms with Crippen LogP contribution in [0.3, 0.4) is 0 Å². The molecule has 0 saturated heterocycles. The lowest BCUT2D eigenvalue weighted by molar-refractivity contribution is 0.634. The van der Waals surface area contributed by atoms with E-state index in [9.17, 15) is 0 Å². The third-order valence-electron chi connectivity index (χ3n) is 3.08. The molecular weight excluding hydrogens is 268 g/mol. The van der Waals surface area contributed by atoms with Gasteiger partial charge in [0.2, 0.25) is 0 Å². The van der Waals surface area contributed by atoms with Crippen molar-refractivity contribution in [2.24, 2.45) is 0 Å². The first kappa shape index (κ1) is 14.6. The van der Waals surface area contributed by atoms with Gasteiger partial charge in [-0.2, -0.15) is 5.26 Å². The maximum absolute atomic E-state index is 9.10. The zero-order valence-electron chi connectivity index (χ0n) is 11.8. The van der Waals surface area contributed by atoms with Crippen LogP contribution >= 0.6 is 11.8 Å². The molecule has 5 heteroatoms. The van der Waals surface area contributed by atoms with Gasteiger partial charge in [-0.15, -0.1) is 10.2 Å². The Hall–Kier alpha value is -1.80. The summed E-state index contributed by atoms with van der Waals surface area (Å²) < 4.78 is 2.16. The molecule has 0 aliphatic carbocycles. The van der Waals surface area contributed by atoms with Crippen molar-refractivity contribution >= 4 is 11.8 Å². The summed E-state index contributed by atoms with van der Waals surface area (Å²) >= 11 is 1.64. The fourth-order valence-corrected chi connectivity index (χ4v) is 3.07. The van der Waals surface area contributed by atoms with Gasteiger partial charge in [0.1, 0.15) is 5.82 Å². The third-order valence-corrected chi connectivity index (χ3v) is 4.09. The normalized spacial score (nSPS) is 10.4. The summed E-state index contributed by atoms with van der Waals surface area (Å²) in [5, 5.41) is 18.6. The van der Waals surface area contributed by atoms with E-state index >= 15 is 0 Å². The summed E-state index contributed by atoms with van der Waals surface area (Å²) in [4.78, 5) is 0. The van der Waals surface area contributed by atoms with Gasteiger partial charge in [-0.05, 0) is 25.0 Å². The Morgan fingerprint density at radius 2 is 2.05 bits per heavy atom. The van der Waals surface area contributed by atoms with E-state index in [-0.39, 0.29) is 0 Å². The molecule has 2 aromatic rings. The average Bonchev–Trinajstić information content (AvgIpc) is 2.87. The van der Waals surface area contributed by atoms with Crippen LogP contribution in [0.1, 0.15) is 37.2 Å². The predicted molar refractivity (Wildman–Crippen MR) is 80.4 cm³/mol. The fourth-order valence-electron chi connectivity index (χ4n) is 2.05. The van der Waals surface area contributed by atoms with Crippen LogP contribution in [0.25, 0.3) is 0 Å². The highest BCUT2D eigenvalue weighted by molar-refractivity contribution is 7.98. The molecule has 0 atom stereocenters. The first-order valence-electron chi connectivity index (χ1n) is 6.83. The predicted octanol–water partition coefficient (Wildman–Crippen LogP) is 3.41. The van der Waals surface area contributed by atoms with Crippen molar-refractivity contribution in [2.75, 3.05) is 0 Å². The van der Waals surface area contributed by atoms with Crippen molar-refractivity contribution in [2.45, 2.75) is 44.1 Å². The zero-order chi connectivity index (χ0) is 14.4. The number of rotatable bonds is 6. The van der Waals surface area contributed by atoms with Crippen LogP contribution in [-0.4, -0.2) is 14.8 Å². The van der Waals surface area contributed by atoms with Gasteiger partial charge in [0.05, 0.1) is 11.6 Å². The fraction of sp³-hybridized carbons (Fsp3) is 0.400. The highest BCUT2D eigenvalue weighted by Crippen LogP contribution is 2.23. The van der Waals surface area contributed by atoms with Gasteiger partial charge in [-0.3, -0.25) is 0 Å². The van der Waals surface area contributed by atoms with Crippen molar-refractivity contribution in [3.63, 3.8) is 0 Å². The van der Waals surface area contributed by atoms with Crippen LogP contribution in [0.2, 0.25) is 0 Å². The van der Waals surface area contributed by atoms with Gasteiger partial charge in [0, 0.05) is 18.7 Å². The molecule has 0 radical (unpaired) electrons. The molecule has 2 rings (SSSR count). The maximum atomic E-state index is 9.10. The molecule has 104 valence electrons. The van der Waals surface area contributed by atoms with E-state index in [0.717, 1.165) is 47.2 Å². The number of benzene rings is 1. The second-order valence-electron chi connectivity index (χ2n) is 4.45. The summed E-state index contributed by atoms with van der Waals surface area (Å²) in [7, 11) is 0. The molecule has 20 heavy (non-hydrogen) atoms. The van der Waals surface area contributed by atoms with E-state index in [1.54, 1.807) is 11.8 Å². The van der Waals surface area contributed by atoms with Crippen molar-refractivity contribution in [3.05, 3.63) is 41.2 Å². The lowest BCUT2D eigenvalue weighted by Crippen LogP contribution is -2.03. The molecule has 0 spiro atoms. The molecule has 0 N–H and O–H groups in total. The van der Waals surface area contributed by atoms with Gasteiger partial charge in [0.15, 0.2) is 5.16 Å². The molecule has 0 unspecified atom stereocenters. The van der Waals surface area contributed by atoms with Gasteiger partial charge in [-0.1, -0.05) is 36.9 Å². The molecule has 0 amide bonds. The van der Waals surface area contributed by atoms with E-state index in [1.165, 1.54) is 0 Å². The maximum Gasteiger partial charge on any atom is 0.191 e. The Balaban J connectivity index is 2.13. The van der Waals surface area contributed by atoms with Crippen LogP contribution in [0.15, 0.2) is 29.4 Å². The van der Waals surface area contributed by atoms with E-state index in [2.05, 4.69) is 34.7 Å². The molecule has 1 heterocycles. The Morgan fingerprint density at radius 1 is 1.25 bits per heavy atom. The molecular formula is C15H18N4S. The number of thioether (sulfide) groups is 1. The van der Waals surface area contributed by atoms with Gasteiger partial charge in [0.25, 0.3) is 0 Å². The average molecular weight is 286 g/mol. The van der Waals surface area contributed by atoms with Crippen molar-refractivity contribution < 1.29 is 0 Å². The summed E-state index contributed by atoms with van der Waals surface area (Å²) in [6.45, 7) is 5.13. The molecule has 0 aliphatic rings. The zero-order valence-corrected chi connectivity index (χ0v) is 12.7. The molecule has 0 bridgehead atoms. The molecule has 1 aromatic carbocycles. The van der Waals surface area contributed by atoms with Crippen LogP contribution in [0.5, 0.6) is 0 Å². The topological polar surface area (TPSA) is 54.5 Å². The molecule has 0 aliphatic heterocycles. The van der Waals surface area contributed by atoms with Crippen LogP contribution < -0.4 is 0 Å². The lowest BCUT2D eigenvalue weighted by atomic mass is 10.1. The van der Waals surface area contributed by atoms with E-state index < -0.39 is 0 Å². The number of aromatic nitrogens is 3. The SMILES string of the molecule is CCCc1nnc(SCc2ccccc2C#N)n1CC. The quantitative estimate of drug-likeness (QED) is 0.764. The molecule has 4 nitrogen and oxygen atoms in total. The van der Waals surface area contributed by atoms with E-state index in [4.69, 9.17) is 5.26 Å². The molecule has 0 fully saturated rings. The number of aryl methyl sites for hydroxylation is 1. The summed E-state index contributed by atoms with van der Waals surface area (Å²) in [6.07, 6.45) is 2.02. The number of nitrogens with zero attached hydrogens (tertiary/aromatic N) is 4. The Morgan fingerprint density at radius 3 is 2.75 bits per heavy atom. The Bertz CT molecular complexity index is 613. The minimum absolute atomic E-state index is 0.733. The largest absolute Gasteiger partial charge is 0.306 e. The summed E-state index contributed by atoms with van der Waals surface area (Å²) in [5.41, 5.74) is 1.78. The lowest BCUT2D eigenvalue weighted by Gasteiger charge is -2.07. The van der Waals surface area contributed by atoms with Crippen molar-refractivity contribution in [1.82, 2.24) is 14.8 Å². The minimum Gasteiger partial charge on any atom is -0.306 e. The molecule has 1 aromatic heterocycles. The monoisotopic (exact) mass is 286 g/mol. The number of hydrogen-bond donors (Lipinski definition) is 0. The van der Waals surface area contributed by atoms with E-state index in [0.29, 0.717) is 0 Å². The first-order chi connectivity index (χ1) is 9.80. The first-order valence-corrected chi connectivity index (χ1v) is 7.81. The summed E-state index contributed by atoms with van der Waals surface area (Å²) in [6, 6.07) is 9.92. The highest BCUT2D eigenvalue weighted by Gasteiger charge is 2.11. The van der Waals surface area contributed by atoms with Gasteiger partial charge >= 0.3 is 0 Å².